The Hall–Kier alpha value is -3.50. The van der Waals surface area contributed by atoms with E-state index >= 15 is 0 Å². The Morgan fingerprint density at radius 1 is 0.647 bits per heavy atom. The Morgan fingerprint density at radius 3 is 1.75 bits per heavy atom. The van der Waals surface area contributed by atoms with Crippen LogP contribution < -0.4 is 16.4 Å². The molecular formula is C31H52N8O12. The number of fused-ring (bicyclic) bond motifs is 7. The molecule has 4 N–H and O–H groups in total. The molecule has 0 aliphatic carbocycles. The molecule has 20 heteroatoms. The second-order valence-corrected chi connectivity index (χ2v) is 12.8. The summed E-state index contributed by atoms with van der Waals surface area (Å²) < 4.78 is 22.4. The standard InChI is InChI=1S/C31H52N8O12/c32-25(40)3-4-26(41)33-5-1-13-46-15-17-48-18-16-47-14-2-6-34-27(42)19-37-11-9-35-7-8-36-10-12-38-20-28(43)49-31(23-37,24-38)39(50-29(44)21-35)51-30(45)22-36/h1-24H2,(H2,32,40)(H,33,41)(H,34,42). The van der Waals surface area contributed by atoms with Crippen LogP contribution in [0.5, 0.6) is 0 Å². The molecule has 0 aromatic carbocycles. The van der Waals surface area contributed by atoms with E-state index in [9.17, 15) is 28.8 Å². The van der Waals surface area contributed by atoms with E-state index in [1.165, 1.54) is 0 Å². The van der Waals surface area contributed by atoms with Crippen LogP contribution in [0.25, 0.3) is 0 Å². The number of carbonyl (C=O) groups excluding carboxylic acids is 6. The summed E-state index contributed by atoms with van der Waals surface area (Å²) in [6, 6.07) is 0. The Bertz CT molecular complexity index is 1190. The van der Waals surface area contributed by atoms with Gasteiger partial charge in [-0.3, -0.25) is 38.8 Å². The average Bonchev–Trinajstić information content (AvgIpc) is 3.08. The maximum absolute atomic E-state index is 13.1. The molecule has 1 spiro atoms. The molecule has 4 aliphatic rings. The summed E-state index contributed by atoms with van der Waals surface area (Å²) in [5, 5.41) is 6.33. The number of hydrogen-bond donors (Lipinski definition) is 3. The van der Waals surface area contributed by atoms with Gasteiger partial charge in [0.25, 0.3) is 5.72 Å². The van der Waals surface area contributed by atoms with Gasteiger partial charge >= 0.3 is 17.9 Å². The van der Waals surface area contributed by atoms with E-state index in [0.717, 1.165) is 5.23 Å². The molecule has 0 saturated carbocycles. The smallest absolute Gasteiger partial charge is 0.343 e. The van der Waals surface area contributed by atoms with Crippen LogP contribution in [0.3, 0.4) is 0 Å². The monoisotopic (exact) mass is 728 g/mol. The van der Waals surface area contributed by atoms with Crippen molar-refractivity contribution >= 4 is 35.6 Å². The Morgan fingerprint density at radius 2 is 1.16 bits per heavy atom. The van der Waals surface area contributed by atoms with Crippen LogP contribution in [0.15, 0.2) is 0 Å². The molecule has 0 radical (unpaired) electrons. The van der Waals surface area contributed by atoms with Crippen LogP contribution in [-0.4, -0.2) is 197 Å². The fourth-order valence-electron chi connectivity index (χ4n) is 5.93. The third kappa shape index (κ3) is 14.6. The van der Waals surface area contributed by atoms with Gasteiger partial charge in [0.15, 0.2) is 0 Å². The van der Waals surface area contributed by atoms with Crippen LogP contribution in [0, 0.1) is 0 Å². The molecule has 4 rings (SSSR count). The largest absolute Gasteiger partial charge is 0.433 e. The number of carbonyl (C=O) groups is 6. The minimum absolute atomic E-state index is 0.0223. The molecule has 5 bridgehead atoms. The van der Waals surface area contributed by atoms with E-state index in [4.69, 9.17) is 34.4 Å². The lowest BCUT2D eigenvalue weighted by Gasteiger charge is -2.47. The van der Waals surface area contributed by atoms with Crippen molar-refractivity contribution in [2.24, 2.45) is 5.73 Å². The first-order valence-electron chi connectivity index (χ1n) is 17.5. The highest BCUT2D eigenvalue weighted by atomic mass is 17.0. The maximum atomic E-state index is 13.1. The Balaban J connectivity index is 1.14. The van der Waals surface area contributed by atoms with Gasteiger partial charge in [-0.2, -0.15) is 0 Å². The van der Waals surface area contributed by atoms with E-state index in [0.29, 0.717) is 105 Å². The molecule has 0 aromatic rings. The van der Waals surface area contributed by atoms with E-state index in [1.54, 1.807) is 0 Å². The van der Waals surface area contributed by atoms with Gasteiger partial charge in [0.2, 0.25) is 17.7 Å². The van der Waals surface area contributed by atoms with Gasteiger partial charge in [-0.1, -0.05) is 0 Å². The highest BCUT2D eigenvalue weighted by Gasteiger charge is 2.53. The topological polar surface area (TPSA) is 224 Å². The van der Waals surface area contributed by atoms with Crippen molar-refractivity contribution in [3.8, 4) is 0 Å². The quantitative estimate of drug-likeness (QED) is 0.0852. The van der Waals surface area contributed by atoms with E-state index in [-0.39, 0.29) is 63.9 Å². The van der Waals surface area contributed by atoms with Crippen molar-refractivity contribution in [1.29, 1.82) is 0 Å². The number of hydroxylamine groups is 2. The molecule has 5 unspecified atom stereocenters. The molecule has 288 valence electrons. The summed E-state index contributed by atoms with van der Waals surface area (Å²) in [5.74, 6) is -2.83. The summed E-state index contributed by atoms with van der Waals surface area (Å²) in [4.78, 5) is 92.6. The van der Waals surface area contributed by atoms with Gasteiger partial charge in [0, 0.05) is 78.4 Å². The zero-order valence-corrected chi connectivity index (χ0v) is 29.2. The van der Waals surface area contributed by atoms with Gasteiger partial charge in [0.05, 0.1) is 70.9 Å². The maximum Gasteiger partial charge on any atom is 0.343 e. The first-order chi connectivity index (χ1) is 24.6. The number of primary amides is 1. The normalized spacial score (nSPS) is 26.9. The van der Waals surface area contributed by atoms with Crippen LogP contribution in [-0.2, 0) is 57.4 Å². The molecule has 4 fully saturated rings. The molecule has 4 aliphatic heterocycles. The zero-order chi connectivity index (χ0) is 36.5. The molecular weight excluding hydrogens is 676 g/mol. The van der Waals surface area contributed by atoms with E-state index < -0.39 is 29.5 Å². The second-order valence-electron chi connectivity index (χ2n) is 12.8. The fraction of sp³-hybridized carbons (Fsp3) is 0.806. The van der Waals surface area contributed by atoms with Gasteiger partial charge in [-0.15, -0.1) is 0 Å². The number of nitrogens with zero attached hydrogens (tertiary/aromatic N) is 5. The predicted octanol–water partition coefficient (Wildman–Crippen LogP) is -3.97. The van der Waals surface area contributed by atoms with Gasteiger partial charge in [-0.05, 0) is 12.8 Å². The average molecular weight is 729 g/mol. The number of esters is 1. The summed E-state index contributed by atoms with van der Waals surface area (Å²) in [6.07, 6.45) is 1.33. The number of ether oxygens (including phenoxy) is 4. The number of hydrogen-bond acceptors (Lipinski definition) is 17. The molecule has 4 saturated heterocycles. The Kier molecular flexibility index (Phi) is 16.7. The third-order valence-corrected chi connectivity index (χ3v) is 8.49. The lowest BCUT2D eigenvalue weighted by atomic mass is 10.1. The van der Waals surface area contributed by atoms with E-state index in [2.05, 4.69) is 10.6 Å². The summed E-state index contributed by atoms with van der Waals surface area (Å²) in [7, 11) is 0. The number of morpholine rings is 1. The molecule has 5 atom stereocenters. The third-order valence-electron chi connectivity index (χ3n) is 8.49. The van der Waals surface area contributed by atoms with Gasteiger partial charge in [0.1, 0.15) is 0 Å². The Labute approximate surface area is 296 Å². The van der Waals surface area contributed by atoms with Crippen LogP contribution >= 0.6 is 0 Å². The van der Waals surface area contributed by atoms with Crippen molar-refractivity contribution in [2.45, 2.75) is 31.4 Å². The van der Waals surface area contributed by atoms with Crippen LogP contribution in [0.1, 0.15) is 25.7 Å². The lowest BCUT2D eigenvalue weighted by molar-refractivity contribution is -0.421. The molecule has 3 amide bonds. The van der Waals surface area contributed by atoms with Gasteiger partial charge < -0.3 is 45.0 Å². The van der Waals surface area contributed by atoms with Crippen LogP contribution in [0.2, 0.25) is 0 Å². The number of rotatable bonds is 19. The first-order valence-corrected chi connectivity index (χ1v) is 17.5. The minimum atomic E-state index is -1.67. The van der Waals surface area contributed by atoms with Crippen molar-refractivity contribution in [3.05, 3.63) is 0 Å². The predicted molar refractivity (Wildman–Crippen MR) is 175 cm³/mol. The van der Waals surface area contributed by atoms with Crippen molar-refractivity contribution < 1.29 is 57.4 Å². The lowest BCUT2D eigenvalue weighted by Crippen LogP contribution is -2.69. The van der Waals surface area contributed by atoms with E-state index in [1.807, 2.05) is 19.6 Å². The number of nitrogens with one attached hydrogen (secondary N) is 2. The fourth-order valence-corrected chi connectivity index (χ4v) is 5.93. The molecule has 51 heavy (non-hydrogen) atoms. The number of amides is 3. The van der Waals surface area contributed by atoms with Gasteiger partial charge in [-0.25, -0.2) is 9.59 Å². The first kappa shape index (κ1) is 40.3. The summed E-state index contributed by atoms with van der Waals surface area (Å²) in [6.45, 7) is 6.10. The summed E-state index contributed by atoms with van der Waals surface area (Å²) >= 11 is 0. The van der Waals surface area contributed by atoms with Crippen molar-refractivity contribution in [2.75, 3.05) is 131 Å². The SMILES string of the molecule is NC(=O)CCC(=O)NCCCOCCOCCOCCCNC(=O)CN1CCN2CCN3CCN4CC(=O)OC(C1)(C4)N(OC(=O)C2)OC(=O)C3. The highest BCUT2D eigenvalue weighted by molar-refractivity contribution is 5.82. The van der Waals surface area contributed by atoms with Crippen LogP contribution in [0.4, 0.5) is 0 Å². The molecule has 4 heterocycles. The highest BCUT2D eigenvalue weighted by Crippen LogP contribution is 2.28. The van der Waals surface area contributed by atoms with Crippen molar-refractivity contribution in [1.82, 2.24) is 35.5 Å². The molecule has 20 nitrogen and oxygen atoms in total. The van der Waals surface area contributed by atoms with Crippen molar-refractivity contribution in [3.63, 3.8) is 0 Å². The number of nitrogens with two attached hydrogens (primary N) is 1. The second kappa shape index (κ2) is 21.1. The minimum Gasteiger partial charge on any atom is -0.433 e. The summed E-state index contributed by atoms with van der Waals surface area (Å²) in [5.41, 5.74) is 3.35. The molecule has 0 aromatic heterocycles. The zero-order valence-electron chi connectivity index (χ0n) is 29.2.